The molecule has 0 radical (unpaired) electrons. The molecule has 0 saturated heterocycles. The minimum Gasteiger partial charge on any atom is -0.477 e. The minimum atomic E-state index is -0.960. The smallest absolute Gasteiger partial charge is 0.347 e. The summed E-state index contributed by atoms with van der Waals surface area (Å²) < 4.78 is 14.0. The van der Waals surface area contributed by atoms with Gasteiger partial charge in [0, 0.05) is 16.0 Å². The molecule has 1 saturated carbocycles. The lowest BCUT2D eigenvalue weighted by Crippen LogP contribution is -1.97. The number of aromatic nitrogens is 1. The molecule has 0 atom stereocenters. The molecule has 3 rings (SSSR count). The van der Waals surface area contributed by atoms with Crippen molar-refractivity contribution < 1.29 is 14.3 Å². The van der Waals surface area contributed by atoms with Crippen molar-refractivity contribution in [3.63, 3.8) is 0 Å². The van der Waals surface area contributed by atoms with Gasteiger partial charge in [0.25, 0.3) is 0 Å². The van der Waals surface area contributed by atoms with Crippen LogP contribution in [0.25, 0.3) is 10.6 Å². The van der Waals surface area contributed by atoms with Crippen LogP contribution in [0.5, 0.6) is 0 Å². The number of benzene rings is 1. The van der Waals surface area contributed by atoms with Crippen molar-refractivity contribution in [2.75, 3.05) is 0 Å². The molecule has 1 heterocycles. The van der Waals surface area contributed by atoms with E-state index in [0.29, 0.717) is 20.7 Å². The maximum atomic E-state index is 13.3. The Bertz CT molecular complexity index is 667. The highest BCUT2D eigenvalue weighted by Gasteiger charge is 2.32. The van der Waals surface area contributed by atoms with Gasteiger partial charge in [-0.15, -0.1) is 11.3 Å². The summed E-state index contributed by atoms with van der Waals surface area (Å²) in [5, 5.41) is 9.76. The Hall–Kier alpha value is -1.27. The molecule has 1 aromatic heterocycles. The quantitative estimate of drug-likeness (QED) is 0.905. The lowest BCUT2D eigenvalue weighted by molar-refractivity contribution is 0.0700. The van der Waals surface area contributed by atoms with Gasteiger partial charge in [0.1, 0.15) is 15.7 Å². The zero-order valence-corrected chi connectivity index (χ0v) is 12.1. The number of carboxylic acid groups (broad SMARTS) is 1. The van der Waals surface area contributed by atoms with Crippen molar-refractivity contribution in [3.05, 3.63) is 39.1 Å². The zero-order chi connectivity index (χ0) is 13.6. The molecule has 0 amide bonds. The number of thiazole rings is 1. The number of hydrogen-bond acceptors (Lipinski definition) is 3. The summed E-state index contributed by atoms with van der Waals surface area (Å²) in [5.74, 6) is -1.07. The topological polar surface area (TPSA) is 50.2 Å². The van der Waals surface area contributed by atoms with E-state index in [-0.39, 0.29) is 16.6 Å². The van der Waals surface area contributed by atoms with Gasteiger partial charge in [-0.2, -0.15) is 0 Å². The maximum Gasteiger partial charge on any atom is 0.347 e. The average Bonchev–Trinajstić information content (AvgIpc) is 3.11. The van der Waals surface area contributed by atoms with E-state index in [0.717, 1.165) is 24.2 Å². The normalized spacial score (nSPS) is 14.6. The molecule has 0 bridgehead atoms. The first-order valence-corrected chi connectivity index (χ1v) is 7.36. The fourth-order valence-electron chi connectivity index (χ4n) is 1.90. The predicted molar refractivity (Wildman–Crippen MR) is 74.1 cm³/mol. The molecular weight excluding hydrogens is 333 g/mol. The van der Waals surface area contributed by atoms with E-state index in [2.05, 4.69) is 20.9 Å². The largest absolute Gasteiger partial charge is 0.477 e. The number of rotatable bonds is 3. The second-order valence-electron chi connectivity index (χ2n) is 4.44. The van der Waals surface area contributed by atoms with Crippen LogP contribution in [0.4, 0.5) is 4.39 Å². The summed E-state index contributed by atoms with van der Waals surface area (Å²) >= 11 is 4.45. The van der Waals surface area contributed by atoms with Crippen LogP contribution in [0.15, 0.2) is 22.7 Å². The van der Waals surface area contributed by atoms with Gasteiger partial charge in [0.05, 0.1) is 5.69 Å². The van der Waals surface area contributed by atoms with Crippen LogP contribution in [0.2, 0.25) is 0 Å². The van der Waals surface area contributed by atoms with Gasteiger partial charge < -0.3 is 5.11 Å². The van der Waals surface area contributed by atoms with Crippen molar-refractivity contribution in [1.82, 2.24) is 4.98 Å². The SMILES string of the molecule is O=C(O)c1sc(-c2cc(F)ccc2Br)nc1C1CC1. The van der Waals surface area contributed by atoms with Crippen molar-refractivity contribution in [2.45, 2.75) is 18.8 Å². The first-order chi connectivity index (χ1) is 9.06. The van der Waals surface area contributed by atoms with Gasteiger partial charge in [0.15, 0.2) is 0 Å². The maximum absolute atomic E-state index is 13.3. The Labute approximate surface area is 121 Å². The number of halogens is 2. The molecule has 0 spiro atoms. The third-order valence-electron chi connectivity index (χ3n) is 2.97. The van der Waals surface area contributed by atoms with Crippen LogP contribution in [-0.2, 0) is 0 Å². The molecule has 1 aliphatic carbocycles. The predicted octanol–water partition coefficient (Wildman–Crippen LogP) is 4.29. The lowest BCUT2D eigenvalue weighted by atomic mass is 10.2. The Balaban J connectivity index is 2.12. The standard InChI is InChI=1S/C13H9BrFNO2S/c14-9-4-3-7(15)5-8(9)12-16-10(6-1-2-6)11(19-12)13(17)18/h3-6H,1-2H2,(H,17,18). The van der Waals surface area contributed by atoms with Gasteiger partial charge in [-0.3, -0.25) is 0 Å². The first-order valence-electron chi connectivity index (χ1n) is 5.75. The fraction of sp³-hybridized carbons (Fsp3) is 0.231. The van der Waals surface area contributed by atoms with Crippen LogP contribution < -0.4 is 0 Å². The summed E-state index contributed by atoms with van der Waals surface area (Å²) in [4.78, 5) is 15.9. The summed E-state index contributed by atoms with van der Waals surface area (Å²) in [7, 11) is 0. The molecule has 3 nitrogen and oxygen atoms in total. The van der Waals surface area contributed by atoms with Crippen molar-refractivity contribution in [1.29, 1.82) is 0 Å². The molecule has 98 valence electrons. The van der Waals surface area contributed by atoms with E-state index in [1.54, 1.807) is 6.07 Å². The Morgan fingerprint density at radius 1 is 1.47 bits per heavy atom. The molecule has 1 fully saturated rings. The third-order valence-corrected chi connectivity index (χ3v) is 4.75. The van der Waals surface area contributed by atoms with Gasteiger partial charge in [-0.1, -0.05) is 15.9 Å². The van der Waals surface area contributed by atoms with Crippen LogP contribution in [0.3, 0.4) is 0 Å². The highest BCUT2D eigenvalue weighted by atomic mass is 79.9. The Morgan fingerprint density at radius 2 is 2.21 bits per heavy atom. The van der Waals surface area contributed by atoms with Gasteiger partial charge in [0.2, 0.25) is 0 Å². The molecule has 1 aromatic carbocycles. The van der Waals surface area contributed by atoms with E-state index in [9.17, 15) is 14.3 Å². The van der Waals surface area contributed by atoms with Gasteiger partial charge in [-0.05, 0) is 31.0 Å². The average molecular weight is 342 g/mol. The lowest BCUT2D eigenvalue weighted by Gasteiger charge is -2.00. The highest BCUT2D eigenvalue weighted by Crippen LogP contribution is 2.45. The van der Waals surface area contributed by atoms with E-state index >= 15 is 0 Å². The Kier molecular flexibility index (Phi) is 3.14. The van der Waals surface area contributed by atoms with Crippen molar-refractivity contribution in [2.24, 2.45) is 0 Å². The number of aromatic carboxylic acids is 1. The number of carboxylic acids is 1. The number of hydrogen-bond donors (Lipinski definition) is 1. The minimum absolute atomic E-state index is 0.253. The second kappa shape index (κ2) is 4.68. The van der Waals surface area contributed by atoms with Crippen LogP contribution in [-0.4, -0.2) is 16.1 Å². The third kappa shape index (κ3) is 2.42. The molecule has 1 N–H and O–H groups in total. The molecule has 2 aromatic rings. The fourth-order valence-corrected chi connectivity index (χ4v) is 3.48. The van der Waals surface area contributed by atoms with Crippen LogP contribution in [0, 0.1) is 5.82 Å². The number of carbonyl (C=O) groups is 1. The molecule has 0 aliphatic heterocycles. The van der Waals surface area contributed by atoms with Crippen LogP contribution in [0.1, 0.15) is 34.1 Å². The number of nitrogens with zero attached hydrogens (tertiary/aromatic N) is 1. The van der Waals surface area contributed by atoms with E-state index < -0.39 is 5.97 Å². The van der Waals surface area contributed by atoms with Crippen LogP contribution >= 0.6 is 27.3 Å². The van der Waals surface area contributed by atoms with E-state index in [4.69, 9.17) is 0 Å². The summed E-state index contributed by atoms with van der Waals surface area (Å²) in [5.41, 5.74) is 1.24. The molecule has 1 aliphatic rings. The van der Waals surface area contributed by atoms with E-state index in [1.165, 1.54) is 12.1 Å². The summed E-state index contributed by atoms with van der Waals surface area (Å²) in [6.45, 7) is 0. The second-order valence-corrected chi connectivity index (χ2v) is 6.29. The van der Waals surface area contributed by atoms with E-state index in [1.807, 2.05) is 0 Å². The Morgan fingerprint density at radius 3 is 2.84 bits per heavy atom. The van der Waals surface area contributed by atoms with Gasteiger partial charge >= 0.3 is 5.97 Å². The summed E-state index contributed by atoms with van der Waals surface area (Å²) in [6.07, 6.45) is 1.96. The molecule has 0 unspecified atom stereocenters. The zero-order valence-electron chi connectivity index (χ0n) is 9.69. The van der Waals surface area contributed by atoms with Crippen molar-refractivity contribution in [3.8, 4) is 10.6 Å². The monoisotopic (exact) mass is 341 g/mol. The molecule has 19 heavy (non-hydrogen) atoms. The molecular formula is C13H9BrFNO2S. The summed E-state index contributed by atoms with van der Waals surface area (Å²) in [6, 6.07) is 4.32. The first kappa shape index (κ1) is 12.7. The van der Waals surface area contributed by atoms with Gasteiger partial charge in [-0.25, -0.2) is 14.2 Å². The van der Waals surface area contributed by atoms with Crippen molar-refractivity contribution >= 4 is 33.2 Å². The molecule has 6 heteroatoms. The highest BCUT2D eigenvalue weighted by molar-refractivity contribution is 9.10.